The molecule has 1 atom stereocenters. The summed E-state index contributed by atoms with van der Waals surface area (Å²) in [7, 11) is -1.05. The van der Waals surface area contributed by atoms with Gasteiger partial charge in [-0.2, -0.15) is 4.98 Å². The van der Waals surface area contributed by atoms with Crippen LogP contribution in [0.25, 0.3) is 0 Å². The quantitative estimate of drug-likeness (QED) is 0.836. The zero-order valence-electron chi connectivity index (χ0n) is 10.6. The Kier molecular flexibility index (Phi) is 3.70. The first-order valence-electron chi connectivity index (χ1n) is 5.96. The molecular weight excluding hydrogens is 252 g/mol. The molecule has 0 aromatic carbocycles. The van der Waals surface area contributed by atoms with E-state index in [1.807, 2.05) is 6.92 Å². The van der Waals surface area contributed by atoms with Gasteiger partial charge in [-0.05, 0) is 19.3 Å². The first-order valence-corrected chi connectivity index (χ1v) is 7.78. The monoisotopic (exact) mass is 270 g/mol. The maximum Gasteiger partial charge on any atom is 0.224 e. The van der Waals surface area contributed by atoms with E-state index >= 15 is 0 Å². The van der Waals surface area contributed by atoms with Crippen molar-refractivity contribution >= 4 is 21.6 Å². The van der Waals surface area contributed by atoms with Crippen LogP contribution in [0.15, 0.2) is 6.20 Å². The van der Waals surface area contributed by atoms with Crippen LogP contribution in [0.1, 0.15) is 12.0 Å². The Morgan fingerprint density at radius 3 is 2.89 bits per heavy atom. The zero-order chi connectivity index (χ0) is 13.2. The highest BCUT2D eigenvalue weighted by Crippen LogP contribution is 2.20. The lowest BCUT2D eigenvalue weighted by atomic mass is 10.1. The van der Waals surface area contributed by atoms with Crippen molar-refractivity contribution in [3.8, 4) is 0 Å². The summed E-state index contributed by atoms with van der Waals surface area (Å²) in [6, 6.07) is 0. The minimum absolute atomic E-state index is 0.183. The van der Waals surface area contributed by atoms with Crippen molar-refractivity contribution < 1.29 is 8.42 Å². The molecule has 0 spiro atoms. The van der Waals surface area contributed by atoms with Gasteiger partial charge in [0, 0.05) is 25.4 Å². The summed E-state index contributed by atoms with van der Waals surface area (Å²) < 4.78 is 22.7. The smallest absolute Gasteiger partial charge is 0.224 e. The van der Waals surface area contributed by atoms with Gasteiger partial charge in [-0.25, -0.2) is 13.4 Å². The number of nitrogens with one attached hydrogen (secondary N) is 2. The number of hydrogen-bond acceptors (Lipinski definition) is 6. The van der Waals surface area contributed by atoms with E-state index in [4.69, 9.17) is 0 Å². The summed E-state index contributed by atoms with van der Waals surface area (Å²) in [5.41, 5.74) is 0.954. The van der Waals surface area contributed by atoms with E-state index in [-0.39, 0.29) is 11.7 Å². The summed E-state index contributed by atoms with van der Waals surface area (Å²) in [4.78, 5) is 8.41. The van der Waals surface area contributed by atoms with E-state index < -0.39 is 9.84 Å². The SMILES string of the molecule is CNc1ncc(C)c(NCC2CCS(=O)(=O)C2)n1. The van der Waals surface area contributed by atoms with Crippen LogP contribution in [0.2, 0.25) is 0 Å². The van der Waals surface area contributed by atoms with Gasteiger partial charge in [-0.3, -0.25) is 0 Å². The van der Waals surface area contributed by atoms with Gasteiger partial charge in [0.2, 0.25) is 5.95 Å². The second-order valence-electron chi connectivity index (χ2n) is 4.63. The molecule has 1 aliphatic heterocycles. The number of aromatic nitrogens is 2. The average molecular weight is 270 g/mol. The van der Waals surface area contributed by atoms with E-state index in [0.717, 1.165) is 17.8 Å². The van der Waals surface area contributed by atoms with E-state index in [9.17, 15) is 8.42 Å². The fourth-order valence-corrected chi connectivity index (χ4v) is 3.88. The van der Waals surface area contributed by atoms with Crippen LogP contribution < -0.4 is 10.6 Å². The van der Waals surface area contributed by atoms with Crippen molar-refractivity contribution in [3.05, 3.63) is 11.8 Å². The summed E-state index contributed by atoms with van der Waals surface area (Å²) in [5, 5.41) is 6.09. The highest BCUT2D eigenvalue weighted by Gasteiger charge is 2.27. The fourth-order valence-electron chi connectivity index (χ4n) is 2.02. The molecular formula is C11H18N4O2S. The Hall–Kier alpha value is -1.37. The highest BCUT2D eigenvalue weighted by atomic mass is 32.2. The number of hydrogen-bond donors (Lipinski definition) is 2. The Bertz CT molecular complexity index is 530. The molecule has 18 heavy (non-hydrogen) atoms. The Morgan fingerprint density at radius 1 is 1.50 bits per heavy atom. The molecule has 1 aromatic rings. The van der Waals surface area contributed by atoms with Gasteiger partial charge in [-0.1, -0.05) is 0 Å². The second-order valence-corrected chi connectivity index (χ2v) is 6.85. The van der Waals surface area contributed by atoms with Crippen molar-refractivity contribution in [1.29, 1.82) is 0 Å². The summed E-state index contributed by atoms with van der Waals surface area (Å²) in [6.07, 6.45) is 2.48. The summed E-state index contributed by atoms with van der Waals surface area (Å²) in [6.45, 7) is 2.56. The van der Waals surface area contributed by atoms with Crippen LogP contribution in [0.5, 0.6) is 0 Å². The standard InChI is InChI=1S/C11H18N4O2S/c1-8-5-14-11(12-2)15-10(8)13-6-9-3-4-18(16,17)7-9/h5,9H,3-4,6-7H2,1-2H3,(H2,12,13,14,15). The largest absolute Gasteiger partial charge is 0.369 e. The fraction of sp³-hybridized carbons (Fsp3) is 0.636. The van der Waals surface area contributed by atoms with E-state index in [2.05, 4.69) is 20.6 Å². The third-order valence-electron chi connectivity index (χ3n) is 3.08. The van der Waals surface area contributed by atoms with Crippen LogP contribution >= 0.6 is 0 Å². The molecule has 2 rings (SSSR count). The zero-order valence-corrected chi connectivity index (χ0v) is 11.4. The highest BCUT2D eigenvalue weighted by molar-refractivity contribution is 7.91. The first kappa shape index (κ1) is 13.1. The lowest BCUT2D eigenvalue weighted by Gasteiger charge is -2.12. The predicted molar refractivity (Wildman–Crippen MR) is 71.6 cm³/mol. The maximum absolute atomic E-state index is 11.4. The molecule has 2 N–H and O–H groups in total. The Balaban J connectivity index is 1.98. The summed E-state index contributed by atoms with van der Waals surface area (Å²) >= 11 is 0. The van der Waals surface area contributed by atoms with Crippen LogP contribution in [0, 0.1) is 12.8 Å². The third kappa shape index (κ3) is 3.10. The number of anilines is 2. The normalized spacial score (nSPS) is 21.8. The van der Waals surface area contributed by atoms with Crippen LogP contribution in [0.4, 0.5) is 11.8 Å². The van der Waals surface area contributed by atoms with Gasteiger partial charge in [0.15, 0.2) is 9.84 Å². The number of sulfone groups is 1. The molecule has 7 heteroatoms. The minimum Gasteiger partial charge on any atom is -0.369 e. The average Bonchev–Trinajstić information content (AvgIpc) is 2.68. The van der Waals surface area contributed by atoms with Gasteiger partial charge < -0.3 is 10.6 Å². The molecule has 6 nitrogen and oxygen atoms in total. The lowest BCUT2D eigenvalue weighted by Crippen LogP contribution is -2.17. The third-order valence-corrected chi connectivity index (χ3v) is 4.92. The minimum atomic E-state index is -2.81. The predicted octanol–water partition coefficient (Wildman–Crippen LogP) is 0.673. The molecule has 0 saturated carbocycles. The maximum atomic E-state index is 11.4. The van der Waals surface area contributed by atoms with Crippen LogP contribution in [0.3, 0.4) is 0 Å². The molecule has 1 unspecified atom stereocenters. The van der Waals surface area contributed by atoms with Crippen molar-refractivity contribution in [3.63, 3.8) is 0 Å². The Morgan fingerprint density at radius 2 is 2.28 bits per heavy atom. The Labute approximate surface area is 107 Å². The van der Waals surface area contributed by atoms with Crippen molar-refractivity contribution in [1.82, 2.24) is 9.97 Å². The second kappa shape index (κ2) is 5.09. The van der Waals surface area contributed by atoms with Gasteiger partial charge in [-0.15, -0.1) is 0 Å². The summed E-state index contributed by atoms with van der Waals surface area (Å²) in [5.74, 6) is 2.09. The van der Waals surface area contributed by atoms with Crippen LogP contribution in [-0.4, -0.2) is 43.5 Å². The van der Waals surface area contributed by atoms with Crippen molar-refractivity contribution in [2.45, 2.75) is 13.3 Å². The van der Waals surface area contributed by atoms with E-state index in [1.165, 1.54) is 0 Å². The van der Waals surface area contributed by atoms with Gasteiger partial charge in [0.05, 0.1) is 11.5 Å². The molecule has 1 saturated heterocycles. The molecule has 1 fully saturated rings. The van der Waals surface area contributed by atoms with Crippen molar-refractivity contribution in [2.24, 2.45) is 5.92 Å². The van der Waals surface area contributed by atoms with Crippen molar-refractivity contribution in [2.75, 3.05) is 35.7 Å². The van der Waals surface area contributed by atoms with Gasteiger partial charge >= 0.3 is 0 Å². The van der Waals surface area contributed by atoms with Gasteiger partial charge in [0.25, 0.3) is 0 Å². The lowest BCUT2D eigenvalue weighted by molar-refractivity contribution is 0.595. The van der Waals surface area contributed by atoms with E-state index in [0.29, 0.717) is 18.2 Å². The number of nitrogens with zero attached hydrogens (tertiary/aromatic N) is 2. The van der Waals surface area contributed by atoms with E-state index in [1.54, 1.807) is 13.2 Å². The topological polar surface area (TPSA) is 84.0 Å². The first-order chi connectivity index (χ1) is 8.50. The van der Waals surface area contributed by atoms with Crippen LogP contribution in [-0.2, 0) is 9.84 Å². The molecule has 0 aliphatic carbocycles. The molecule has 0 radical (unpaired) electrons. The van der Waals surface area contributed by atoms with Gasteiger partial charge in [0.1, 0.15) is 5.82 Å². The molecule has 0 amide bonds. The number of rotatable bonds is 4. The molecule has 100 valence electrons. The molecule has 0 bridgehead atoms. The molecule has 2 heterocycles. The number of aryl methyl sites for hydroxylation is 1. The molecule has 1 aliphatic rings. The molecule has 1 aromatic heterocycles.